The van der Waals surface area contributed by atoms with E-state index in [1.807, 2.05) is 4.90 Å². The smallest absolute Gasteiger partial charge is 0.319 e. The first-order chi connectivity index (χ1) is 11.0. The summed E-state index contributed by atoms with van der Waals surface area (Å²) in [6.45, 7) is 1.24. The van der Waals surface area contributed by atoms with Crippen molar-refractivity contribution in [3.8, 4) is 0 Å². The van der Waals surface area contributed by atoms with Gasteiger partial charge in [-0.05, 0) is 6.42 Å². The molecule has 0 saturated carbocycles. The molecule has 2 aromatic heterocycles. The van der Waals surface area contributed by atoms with Gasteiger partial charge in [0.05, 0.1) is 23.8 Å². The molecule has 3 heterocycles. The number of halogens is 1. The molecule has 3 rings (SSSR count). The number of urea groups is 1. The molecule has 23 heavy (non-hydrogen) atoms. The van der Waals surface area contributed by atoms with Gasteiger partial charge in [-0.3, -0.25) is 9.48 Å². The standard InChI is InChI=1S/C13H16ClN7O2/c1-20-6-9(4-16-20)18-13(23)17-8-2-3-21(7-8)10-5-15-19-12(22)11(10)14/h4-6,8H,2-3,7H2,1H3,(H,19,22)(H2,17,18,23)/t8-/m1/s1. The van der Waals surface area contributed by atoms with E-state index in [0.717, 1.165) is 6.42 Å². The van der Waals surface area contributed by atoms with Crippen LogP contribution in [0.15, 0.2) is 23.4 Å². The zero-order valence-electron chi connectivity index (χ0n) is 12.4. The number of carbonyl (C=O) groups is 1. The molecule has 1 atom stereocenters. The number of nitrogens with one attached hydrogen (secondary N) is 3. The third kappa shape index (κ3) is 3.45. The Morgan fingerprint density at radius 1 is 1.48 bits per heavy atom. The highest BCUT2D eigenvalue weighted by Crippen LogP contribution is 2.24. The Morgan fingerprint density at radius 2 is 2.30 bits per heavy atom. The highest BCUT2D eigenvalue weighted by molar-refractivity contribution is 6.33. The minimum absolute atomic E-state index is 0.0398. The van der Waals surface area contributed by atoms with E-state index in [1.54, 1.807) is 24.1 Å². The highest BCUT2D eigenvalue weighted by Gasteiger charge is 2.26. The van der Waals surface area contributed by atoms with Gasteiger partial charge in [0.1, 0.15) is 5.02 Å². The molecule has 10 heteroatoms. The second-order valence-corrected chi connectivity index (χ2v) is 5.71. The fourth-order valence-corrected chi connectivity index (χ4v) is 2.74. The number of anilines is 2. The van der Waals surface area contributed by atoms with E-state index in [-0.39, 0.29) is 17.1 Å². The summed E-state index contributed by atoms with van der Waals surface area (Å²) in [6, 6.07) is -0.331. The van der Waals surface area contributed by atoms with Crippen molar-refractivity contribution >= 4 is 29.0 Å². The van der Waals surface area contributed by atoms with Crippen molar-refractivity contribution in [1.82, 2.24) is 25.3 Å². The number of H-pyrrole nitrogens is 1. The number of aromatic nitrogens is 4. The Balaban J connectivity index is 1.58. The average Bonchev–Trinajstić information content (AvgIpc) is 3.11. The molecule has 0 unspecified atom stereocenters. The predicted octanol–water partition coefficient (Wildman–Crippen LogP) is 0.557. The molecule has 2 amide bonds. The zero-order chi connectivity index (χ0) is 16.4. The lowest BCUT2D eigenvalue weighted by Gasteiger charge is -2.19. The molecule has 9 nitrogen and oxygen atoms in total. The third-order valence-corrected chi connectivity index (χ3v) is 3.97. The Kier molecular flexibility index (Phi) is 4.20. The molecule has 1 aliphatic rings. The lowest BCUT2D eigenvalue weighted by atomic mass is 10.3. The van der Waals surface area contributed by atoms with Gasteiger partial charge in [-0.15, -0.1) is 0 Å². The van der Waals surface area contributed by atoms with Gasteiger partial charge >= 0.3 is 6.03 Å². The topological polar surface area (TPSA) is 108 Å². The van der Waals surface area contributed by atoms with Crippen molar-refractivity contribution in [1.29, 1.82) is 0 Å². The third-order valence-electron chi connectivity index (χ3n) is 3.60. The monoisotopic (exact) mass is 337 g/mol. The van der Waals surface area contributed by atoms with E-state index >= 15 is 0 Å². The van der Waals surface area contributed by atoms with Crippen molar-refractivity contribution < 1.29 is 4.79 Å². The van der Waals surface area contributed by atoms with Crippen molar-refractivity contribution in [3.63, 3.8) is 0 Å². The summed E-state index contributed by atoms with van der Waals surface area (Å²) in [5, 5.41) is 15.8. The minimum atomic E-state index is -0.421. The molecular weight excluding hydrogens is 322 g/mol. The van der Waals surface area contributed by atoms with Crippen LogP contribution in [0, 0.1) is 0 Å². The predicted molar refractivity (Wildman–Crippen MR) is 85.8 cm³/mol. The van der Waals surface area contributed by atoms with Crippen molar-refractivity contribution in [2.45, 2.75) is 12.5 Å². The normalized spacial score (nSPS) is 17.3. The maximum atomic E-state index is 12.0. The van der Waals surface area contributed by atoms with Crippen LogP contribution in [-0.4, -0.2) is 45.1 Å². The summed E-state index contributed by atoms with van der Waals surface area (Å²) in [4.78, 5) is 25.4. The maximum absolute atomic E-state index is 12.0. The first-order valence-electron chi connectivity index (χ1n) is 7.07. The van der Waals surface area contributed by atoms with E-state index in [1.165, 1.54) is 6.20 Å². The second kappa shape index (κ2) is 6.29. The SMILES string of the molecule is Cn1cc(NC(=O)N[C@@H]2CCN(c3cn[nH]c(=O)c3Cl)C2)cn1. The van der Waals surface area contributed by atoms with Gasteiger partial charge in [0.2, 0.25) is 0 Å². The van der Waals surface area contributed by atoms with Crippen LogP contribution in [0.3, 0.4) is 0 Å². The fourth-order valence-electron chi connectivity index (χ4n) is 2.53. The molecule has 0 aliphatic carbocycles. The van der Waals surface area contributed by atoms with E-state index in [4.69, 9.17) is 11.6 Å². The van der Waals surface area contributed by atoms with Gasteiger partial charge in [0, 0.05) is 32.4 Å². The lowest BCUT2D eigenvalue weighted by Crippen LogP contribution is -2.39. The summed E-state index contributed by atoms with van der Waals surface area (Å²) < 4.78 is 1.61. The van der Waals surface area contributed by atoms with E-state index in [9.17, 15) is 9.59 Å². The number of aromatic amines is 1. The minimum Gasteiger partial charge on any atom is -0.367 e. The van der Waals surface area contributed by atoms with E-state index in [2.05, 4.69) is 25.9 Å². The lowest BCUT2D eigenvalue weighted by molar-refractivity contribution is 0.249. The molecule has 0 radical (unpaired) electrons. The summed E-state index contributed by atoms with van der Waals surface area (Å²) >= 11 is 6.00. The summed E-state index contributed by atoms with van der Waals surface area (Å²) in [5.41, 5.74) is 0.781. The number of nitrogens with zero attached hydrogens (tertiary/aromatic N) is 4. The van der Waals surface area contributed by atoms with E-state index in [0.29, 0.717) is 24.5 Å². The zero-order valence-corrected chi connectivity index (χ0v) is 13.2. The van der Waals surface area contributed by atoms with Crippen molar-refractivity contribution in [3.05, 3.63) is 34.0 Å². The van der Waals surface area contributed by atoms with Crippen LogP contribution in [0.25, 0.3) is 0 Å². The number of carbonyl (C=O) groups excluding carboxylic acids is 1. The van der Waals surface area contributed by atoms with Gasteiger partial charge in [-0.1, -0.05) is 11.6 Å². The van der Waals surface area contributed by atoms with Crippen LogP contribution in [0.2, 0.25) is 5.02 Å². The molecule has 0 spiro atoms. The number of hydrogen-bond donors (Lipinski definition) is 3. The van der Waals surface area contributed by atoms with Gasteiger partial charge in [0.15, 0.2) is 0 Å². The Labute approximate surface area is 136 Å². The van der Waals surface area contributed by atoms with Crippen LogP contribution in [0.5, 0.6) is 0 Å². The van der Waals surface area contributed by atoms with Gasteiger partial charge in [0.25, 0.3) is 5.56 Å². The first kappa shape index (κ1) is 15.3. The van der Waals surface area contributed by atoms with Crippen molar-refractivity contribution in [2.24, 2.45) is 7.05 Å². The van der Waals surface area contributed by atoms with Crippen LogP contribution in [-0.2, 0) is 7.05 Å². The molecular formula is C13H16ClN7O2. The number of aryl methyl sites for hydroxylation is 1. The second-order valence-electron chi connectivity index (χ2n) is 5.33. The average molecular weight is 338 g/mol. The summed E-state index contributed by atoms with van der Waals surface area (Å²) in [5.74, 6) is 0. The number of rotatable bonds is 3. The Bertz CT molecular complexity index is 772. The van der Waals surface area contributed by atoms with Crippen LogP contribution >= 0.6 is 11.6 Å². The van der Waals surface area contributed by atoms with Crippen LogP contribution < -0.4 is 21.1 Å². The van der Waals surface area contributed by atoms with Crippen LogP contribution in [0.1, 0.15) is 6.42 Å². The molecule has 3 N–H and O–H groups in total. The molecule has 1 fully saturated rings. The Morgan fingerprint density at radius 3 is 3.04 bits per heavy atom. The first-order valence-corrected chi connectivity index (χ1v) is 7.45. The largest absolute Gasteiger partial charge is 0.367 e. The molecule has 1 saturated heterocycles. The van der Waals surface area contributed by atoms with Gasteiger partial charge in [-0.25, -0.2) is 9.89 Å². The molecule has 0 bridgehead atoms. The number of amides is 2. The highest BCUT2D eigenvalue weighted by atomic mass is 35.5. The van der Waals surface area contributed by atoms with Gasteiger partial charge < -0.3 is 15.5 Å². The quantitative estimate of drug-likeness (QED) is 0.758. The van der Waals surface area contributed by atoms with Crippen molar-refractivity contribution in [2.75, 3.05) is 23.3 Å². The maximum Gasteiger partial charge on any atom is 0.319 e. The molecule has 2 aromatic rings. The Hall–Kier alpha value is -2.55. The fraction of sp³-hybridized carbons (Fsp3) is 0.385. The van der Waals surface area contributed by atoms with E-state index < -0.39 is 5.56 Å². The number of hydrogen-bond acceptors (Lipinski definition) is 5. The van der Waals surface area contributed by atoms with Crippen LogP contribution in [0.4, 0.5) is 16.2 Å². The summed E-state index contributed by atoms with van der Waals surface area (Å²) in [7, 11) is 1.78. The molecule has 122 valence electrons. The van der Waals surface area contributed by atoms with Gasteiger partial charge in [-0.2, -0.15) is 10.2 Å². The molecule has 1 aliphatic heterocycles. The summed E-state index contributed by atoms with van der Waals surface area (Å²) in [6.07, 6.45) is 5.55. The molecule has 0 aromatic carbocycles.